The summed E-state index contributed by atoms with van der Waals surface area (Å²) in [7, 11) is 1.92. The lowest BCUT2D eigenvalue weighted by Crippen LogP contribution is -2.46. The topological polar surface area (TPSA) is 77.4 Å². The monoisotopic (exact) mass is 678 g/mol. The molecule has 5 aromatic rings. The van der Waals surface area contributed by atoms with E-state index in [9.17, 15) is 22.8 Å². The molecule has 2 aliphatic rings. The smallest absolute Gasteiger partial charge is 0.334 e. The molecule has 1 aliphatic carbocycles. The van der Waals surface area contributed by atoms with Crippen LogP contribution in [-0.4, -0.2) is 40.6 Å². The Labute approximate surface area is 265 Å². The van der Waals surface area contributed by atoms with Gasteiger partial charge in [0.25, 0.3) is 11.5 Å². The van der Waals surface area contributed by atoms with Gasteiger partial charge >= 0.3 is 6.18 Å². The van der Waals surface area contributed by atoms with Gasteiger partial charge in [-0.3, -0.25) is 14.2 Å². The first-order chi connectivity index (χ1) is 21.5. The van der Waals surface area contributed by atoms with Crippen LogP contribution in [0.3, 0.4) is 0 Å². The van der Waals surface area contributed by atoms with E-state index < -0.39 is 23.7 Å². The third-order valence-corrected chi connectivity index (χ3v) is 9.85. The maximum absolute atomic E-state index is 14.4. The summed E-state index contributed by atoms with van der Waals surface area (Å²) in [5.41, 5.74) is 3.18. The molecule has 1 aliphatic heterocycles. The van der Waals surface area contributed by atoms with Crippen molar-refractivity contribution in [3.63, 3.8) is 0 Å². The molecule has 0 N–H and O–H groups in total. The minimum atomic E-state index is -4.62. The molecule has 0 radical (unpaired) electrons. The van der Waals surface area contributed by atoms with Crippen molar-refractivity contribution in [2.75, 3.05) is 0 Å². The molecule has 1 atom stereocenters. The van der Waals surface area contributed by atoms with E-state index in [1.807, 2.05) is 49.0 Å². The number of nitrogens with zero attached hydrogens (tertiary/aromatic N) is 6. The second-order valence-electron chi connectivity index (χ2n) is 12.1. The first-order valence-corrected chi connectivity index (χ1v) is 15.7. The number of carbonyl (C=O) groups excluding carboxylic acids is 1. The van der Waals surface area contributed by atoms with Crippen molar-refractivity contribution in [2.45, 2.75) is 57.8 Å². The van der Waals surface area contributed by atoms with Gasteiger partial charge in [0.1, 0.15) is 11.5 Å². The van der Waals surface area contributed by atoms with Crippen molar-refractivity contribution in [3.8, 4) is 17.1 Å². The molecule has 2 aromatic carbocycles. The Morgan fingerprint density at radius 3 is 2.51 bits per heavy atom. The molecular weight excluding hydrogens is 649 g/mol. The molecule has 7 rings (SSSR count). The SMILES string of the molecule is C[C@@H]1Cc2c(n3ncc(CC4CCC4)c3n(-c3ccc(-c4nccn4C)cc3)c2=O)CN1C(=O)c1ccc(Br)c(C(F)(F)F)c1. The maximum atomic E-state index is 14.4. The van der Waals surface area contributed by atoms with Gasteiger partial charge in [-0.25, -0.2) is 9.50 Å². The van der Waals surface area contributed by atoms with Gasteiger partial charge < -0.3 is 9.47 Å². The summed E-state index contributed by atoms with van der Waals surface area (Å²) in [5, 5.41) is 4.74. The van der Waals surface area contributed by atoms with Crippen LogP contribution < -0.4 is 5.56 Å². The number of aryl methyl sites for hydroxylation is 1. The van der Waals surface area contributed by atoms with Gasteiger partial charge in [-0.15, -0.1) is 0 Å². The molecule has 4 heterocycles. The predicted octanol–water partition coefficient (Wildman–Crippen LogP) is 6.60. The third kappa shape index (κ3) is 5.08. The standard InChI is InChI=1S/C33H30BrF3N6O2/c1-19-14-25-28(18-41(19)31(44)22-8-11-27(34)26(16-22)33(35,36)37)43-30(23(17-39-43)15-20-4-3-5-20)42(32(25)45)24-9-6-21(7-10-24)29-38-12-13-40(29)2/h6-13,16-17,19-20H,3-5,14-15,18H2,1-2H3/t19-/m1/s1. The lowest BCUT2D eigenvalue weighted by Gasteiger charge is -2.35. The molecule has 3 aromatic heterocycles. The molecule has 0 spiro atoms. The second-order valence-corrected chi connectivity index (χ2v) is 12.9. The van der Waals surface area contributed by atoms with Crippen LogP contribution in [0.4, 0.5) is 13.2 Å². The minimum absolute atomic E-state index is 0.0436. The van der Waals surface area contributed by atoms with Crippen molar-refractivity contribution < 1.29 is 18.0 Å². The van der Waals surface area contributed by atoms with Gasteiger partial charge in [-0.2, -0.15) is 18.3 Å². The number of imidazole rings is 1. The van der Waals surface area contributed by atoms with Gasteiger partial charge in [0.05, 0.1) is 29.7 Å². The number of alkyl halides is 3. The number of halogens is 4. The predicted molar refractivity (Wildman–Crippen MR) is 166 cm³/mol. The zero-order valence-electron chi connectivity index (χ0n) is 24.7. The lowest BCUT2D eigenvalue weighted by atomic mass is 9.81. The number of hydrogen-bond acceptors (Lipinski definition) is 4. The molecule has 0 saturated heterocycles. The van der Waals surface area contributed by atoms with Crippen molar-refractivity contribution >= 4 is 27.5 Å². The number of fused-ring (bicyclic) bond motifs is 3. The van der Waals surface area contributed by atoms with Crippen LogP contribution in [0.1, 0.15) is 58.9 Å². The fourth-order valence-electron chi connectivity index (χ4n) is 6.49. The van der Waals surface area contributed by atoms with E-state index in [0.717, 1.165) is 42.3 Å². The quantitative estimate of drug-likeness (QED) is 0.210. The second kappa shape index (κ2) is 11.0. The Balaban J connectivity index is 1.33. The summed E-state index contributed by atoms with van der Waals surface area (Å²) >= 11 is 2.95. The molecule has 0 unspecified atom stereocenters. The van der Waals surface area contributed by atoms with Gasteiger partial charge in [0.2, 0.25) is 0 Å². The zero-order valence-corrected chi connectivity index (χ0v) is 26.3. The molecule has 1 fully saturated rings. The Hall–Kier alpha value is -4.19. The van der Waals surface area contributed by atoms with Crippen LogP contribution in [0.15, 0.2) is 70.3 Å². The fraction of sp³-hybridized carbons (Fsp3) is 0.333. The molecule has 45 heavy (non-hydrogen) atoms. The number of carbonyl (C=O) groups is 1. The number of aromatic nitrogens is 5. The Bertz CT molecular complexity index is 2010. The normalized spacial score (nSPS) is 17.0. The van der Waals surface area contributed by atoms with E-state index in [4.69, 9.17) is 5.10 Å². The molecule has 12 heteroatoms. The summed E-state index contributed by atoms with van der Waals surface area (Å²) in [4.78, 5) is 34.0. The summed E-state index contributed by atoms with van der Waals surface area (Å²) in [6.07, 6.45) is 5.25. The average molecular weight is 680 g/mol. The molecule has 1 saturated carbocycles. The number of benzene rings is 2. The van der Waals surface area contributed by atoms with Crippen LogP contribution in [-0.2, 0) is 32.6 Å². The first-order valence-electron chi connectivity index (χ1n) is 14.9. The van der Waals surface area contributed by atoms with E-state index in [1.54, 1.807) is 21.5 Å². The zero-order chi connectivity index (χ0) is 31.6. The number of hydrogen-bond donors (Lipinski definition) is 0. The number of amides is 1. The summed E-state index contributed by atoms with van der Waals surface area (Å²) < 4.78 is 46.2. The molecular formula is C33H30BrF3N6O2. The highest BCUT2D eigenvalue weighted by Gasteiger charge is 2.36. The summed E-state index contributed by atoms with van der Waals surface area (Å²) in [5.74, 6) is 0.795. The van der Waals surface area contributed by atoms with Crippen molar-refractivity contribution in [1.82, 2.24) is 28.6 Å². The Kier molecular flexibility index (Phi) is 7.22. The van der Waals surface area contributed by atoms with Gasteiger partial charge in [-0.05, 0) is 68.1 Å². The highest BCUT2D eigenvalue weighted by Crippen LogP contribution is 2.37. The van der Waals surface area contributed by atoms with Crippen LogP contribution in [0.2, 0.25) is 0 Å². The molecule has 0 bridgehead atoms. The van der Waals surface area contributed by atoms with E-state index in [2.05, 4.69) is 20.9 Å². The first kappa shape index (κ1) is 29.5. The van der Waals surface area contributed by atoms with E-state index >= 15 is 0 Å². The maximum Gasteiger partial charge on any atom is 0.417 e. The molecule has 232 valence electrons. The van der Waals surface area contributed by atoms with Gasteiger partial charge in [0, 0.05) is 52.2 Å². The summed E-state index contributed by atoms with van der Waals surface area (Å²) in [6, 6.07) is 10.8. The van der Waals surface area contributed by atoms with Crippen LogP contribution in [0.25, 0.3) is 22.7 Å². The Morgan fingerprint density at radius 2 is 1.87 bits per heavy atom. The van der Waals surface area contributed by atoms with Crippen molar-refractivity contribution in [3.05, 3.63) is 104 Å². The number of rotatable bonds is 5. The molecule has 8 nitrogen and oxygen atoms in total. The van der Waals surface area contributed by atoms with E-state index in [0.29, 0.717) is 28.5 Å². The largest absolute Gasteiger partial charge is 0.417 e. The molecule has 1 amide bonds. The minimum Gasteiger partial charge on any atom is -0.334 e. The summed E-state index contributed by atoms with van der Waals surface area (Å²) in [6.45, 7) is 1.85. The van der Waals surface area contributed by atoms with Crippen molar-refractivity contribution in [2.24, 2.45) is 13.0 Å². The van der Waals surface area contributed by atoms with E-state index in [1.165, 1.54) is 23.5 Å². The highest BCUT2D eigenvalue weighted by molar-refractivity contribution is 9.10. The average Bonchev–Trinajstić information content (AvgIpc) is 3.61. The third-order valence-electron chi connectivity index (χ3n) is 9.16. The lowest BCUT2D eigenvalue weighted by molar-refractivity contribution is -0.138. The van der Waals surface area contributed by atoms with Crippen LogP contribution >= 0.6 is 15.9 Å². The van der Waals surface area contributed by atoms with Crippen LogP contribution in [0, 0.1) is 5.92 Å². The van der Waals surface area contributed by atoms with Crippen molar-refractivity contribution in [1.29, 1.82) is 0 Å². The van der Waals surface area contributed by atoms with Crippen LogP contribution in [0.5, 0.6) is 0 Å². The highest BCUT2D eigenvalue weighted by atomic mass is 79.9. The van der Waals surface area contributed by atoms with Gasteiger partial charge in [0.15, 0.2) is 0 Å². The fourth-order valence-corrected chi connectivity index (χ4v) is 6.96. The van der Waals surface area contributed by atoms with Gasteiger partial charge in [-0.1, -0.05) is 35.2 Å². The Morgan fingerprint density at radius 1 is 1.11 bits per heavy atom. The van der Waals surface area contributed by atoms with E-state index in [-0.39, 0.29) is 28.6 Å².